The van der Waals surface area contributed by atoms with Crippen molar-refractivity contribution in [3.8, 4) is 0 Å². The lowest BCUT2D eigenvalue weighted by atomic mass is 9.86. The number of hydrogen-bond acceptors (Lipinski definition) is 3. The van der Waals surface area contributed by atoms with E-state index in [4.69, 9.17) is 0 Å². The summed E-state index contributed by atoms with van der Waals surface area (Å²) in [5.74, 6) is 1.32. The van der Waals surface area contributed by atoms with Gasteiger partial charge in [-0.25, -0.2) is 0 Å². The van der Waals surface area contributed by atoms with Gasteiger partial charge in [0.2, 0.25) is 0 Å². The summed E-state index contributed by atoms with van der Waals surface area (Å²) in [5, 5.41) is 14.0. The van der Waals surface area contributed by atoms with Gasteiger partial charge in [0.1, 0.15) is 0 Å². The summed E-state index contributed by atoms with van der Waals surface area (Å²) in [6, 6.07) is 0.669. The molecule has 2 N–H and O–H groups in total. The maximum atomic E-state index is 9.57. The Labute approximate surface area is 104 Å². The lowest BCUT2D eigenvalue weighted by Crippen LogP contribution is -2.45. The Bertz CT molecular complexity index is 216. The summed E-state index contributed by atoms with van der Waals surface area (Å²) >= 11 is 2.09. The molecule has 94 valence electrons. The van der Waals surface area contributed by atoms with Crippen LogP contribution in [0, 0.1) is 5.41 Å². The molecule has 2 fully saturated rings. The van der Waals surface area contributed by atoms with E-state index in [1.54, 1.807) is 0 Å². The van der Waals surface area contributed by atoms with Crippen molar-refractivity contribution >= 4 is 11.8 Å². The minimum absolute atomic E-state index is 0.210. The predicted molar refractivity (Wildman–Crippen MR) is 70.9 cm³/mol. The van der Waals surface area contributed by atoms with Crippen LogP contribution in [-0.4, -0.2) is 35.3 Å². The predicted octanol–water partition coefficient (Wildman–Crippen LogP) is 2.41. The normalized spacial score (nSPS) is 34.1. The third kappa shape index (κ3) is 2.93. The van der Waals surface area contributed by atoms with E-state index in [0.29, 0.717) is 12.6 Å². The van der Waals surface area contributed by atoms with Gasteiger partial charge in [0, 0.05) is 29.9 Å². The molecule has 2 atom stereocenters. The standard InChI is InChI=1S/C13H25NOS/c1-11-12(5-4-8-16-11)14-9-13(10-15)6-2-3-7-13/h11-12,14-15H,2-10H2,1H3. The van der Waals surface area contributed by atoms with Crippen LogP contribution >= 0.6 is 11.8 Å². The first kappa shape index (κ1) is 12.7. The van der Waals surface area contributed by atoms with Crippen LogP contribution < -0.4 is 5.32 Å². The molecule has 0 bridgehead atoms. The van der Waals surface area contributed by atoms with Crippen LogP contribution in [0.4, 0.5) is 0 Å². The van der Waals surface area contributed by atoms with Crippen LogP contribution in [0.25, 0.3) is 0 Å². The SMILES string of the molecule is CC1SCCCC1NCC1(CO)CCCC1. The number of nitrogens with one attached hydrogen (secondary N) is 1. The molecule has 16 heavy (non-hydrogen) atoms. The summed E-state index contributed by atoms with van der Waals surface area (Å²) in [6.07, 6.45) is 7.69. The Morgan fingerprint density at radius 1 is 1.31 bits per heavy atom. The van der Waals surface area contributed by atoms with Gasteiger partial charge in [0.25, 0.3) is 0 Å². The highest BCUT2D eigenvalue weighted by Gasteiger charge is 2.34. The molecule has 0 amide bonds. The molecule has 0 spiro atoms. The summed E-state index contributed by atoms with van der Waals surface area (Å²) in [6.45, 7) is 3.73. The fraction of sp³-hybridized carbons (Fsp3) is 1.00. The highest BCUT2D eigenvalue weighted by molar-refractivity contribution is 7.99. The second kappa shape index (κ2) is 5.74. The molecule has 1 saturated carbocycles. The first-order valence-electron chi connectivity index (χ1n) is 6.72. The number of hydrogen-bond donors (Lipinski definition) is 2. The van der Waals surface area contributed by atoms with E-state index in [1.807, 2.05) is 0 Å². The van der Waals surface area contributed by atoms with Crippen molar-refractivity contribution in [3.63, 3.8) is 0 Å². The quantitative estimate of drug-likeness (QED) is 0.795. The fourth-order valence-electron chi connectivity index (χ4n) is 3.05. The summed E-state index contributed by atoms with van der Waals surface area (Å²) in [4.78, 5) is 0. The molecule has 0 aromatic rings. The second-order valence-electron chi connectivity index (χ2n) is 5.57. The van der Waals surface area contributed by atoms with Crippen LogP contribution in [-0.2, 0) is 0 Å². The molecule has 1 heterocycles. The second-order valence-corrected chi connectivity index (χ2v) is 7.06. The Balaban J connectivity index is 1.80. The topological polar surface area (TPSA) is 32.3 Å². The maximum absolute atomic E-state index is 9.57. The van der Waals surface area contributed by atoms with E-state index in [0.717, 1.165) is 11.8 Å². The minimum Gasteiger partial charge on any atom is -0.396 e. The van der Waals surface area contributed by atoms with Crippen molar-refractivity contribution in [1.82, 2.24) is 5.32 Å². The molecule has 0 aromatic carbocycles. The first-order valence-corrected chi connectivity index (χ1v) is 7.76. The molecule has 1 aliphatic heterocycles. The van der Waals surface area contributed by atoms with Crippen molar-refractivity contribution in [2.45, 2.75) is 56.7 Å². The molecular weight excluding hydrogens is 218 g/mol. The highest BCUT2D eigenvalue weighted by atomic mass is 32.2. The van der Waals surface area contributed by atoms with E-state index < -0.39 is 0 Å². The molecule has 1 saturated heterocycles. The zero-order chi connectivity index (χ0) is 11.4. The molecule has 2 unspecified atom stereocenters. The fourth-order valence-corrected chi connectivity index (χ4v) is 4.22. The Morgan fingerprint density at radius 3 is 2.69 bits per heavy atom. The van der Waals surface area contributed by atoms with Crippen LogP contribution in [0.1, 0.15) is 45.4 Å². The summed E-state index contributed by atoms with van der Waals surface area (Å²) in [5.41, 5.74) is 0.210. The number of aliphatic hydroxyl groups excluding tert-OH is 1. The number of thioether (sulfide) groups is 1. The average Bonchev–Trinajstić information content (AvgIpc) is 2.78. The summed E-state index contributed by atoms with van der Waals surface area (Å²) < 4.78 is 0. The van der Waals surface area contributed by atoms with Crippen LogP contribution in [0.15, 0.2) is 0 Å². The van der Waals surface area contributed by atoms with Crippen molar-refractivity contribution in [1.29, 1.82) is 0 Å². The third-order valence-electron chi connectivity index (χ3n) is 4.35. The van der Waals surface area contributed by atoms with Crippen molar-refractivity contribution < 1.29 is 5.11 Å². The molecule has 3 heteroatoms. The van der Waals surface area contributed by atoms with Gasteiger partial charge in [-0.05, 0) is 31.4 Å². The Morgan fingerprint density at radius 2 is 2.06 bits per heavy atom. The van der Waals surface area contributed by atoms with Gasteiger partial charge in [-0.1, -0.05) is 19.8 Å². The molecule has 2 rings (SSSR count). The van der Waals surface area contributed by atoms with Gasteiger partial charge in [0.15, 0.2) is 0 Å². The molecule has 1 aliphatic carbocycles. The van der Waals surface area contributed by atoms with Gasteiger partial charge < -0.3 is 10.4 Å². The van der Waals surface area contributed by atoms with Gasteiger partial charge in [-0.3, -0.25) is 0 Å². The van der Waals surface area contributed by atoms with Gasteiger partial charge in [-0.2, -0.15) is 11.8 Å². The maximum Gasteiger partial charge on any atom is 0.0499 e. The monoisotopic (exact) mass is 243 g/mol. The minimum atomic E-state index is 0.210. The zero-order valence-electron chi connectivity index (χ0n) is 10.4. The van der Waals surface area contributed by atoms with E-state index in [-0.39, 0.29) is 5.41 Å². The Kier molecular flexibility index (Phi) is 4.57. The van der Waals surface area contributed by atoms with Crippen LogP contribution in [0.2, 0.25) is 0 Å². The largest absolute Gasteiger partial charge is 0.396 e. The lowest BCUT2D eigenvalue weighted by Gasteiger charge is -2.34. The van der Waals surface area contributed by atoms with Gasteiger partial charge in [0.05, 0.1) is 0 Å². The molecule has 0 aromatic heterocycles. The molecular formula is C13H25NOS. The average molecular weight is 243 g/mol. The van der Waals surface area contributed by atoms with E-state index in [9.17, 15) is 5.11 Å². The van der Waals surface area contributed by atoms with Crippen LogP contribution in [0.5, 0.6) is 0 Å². The third-order valence-corrected chi connectivity index (χ3v) is 5.72. The molecule has 2 nitrogen and oxygen atoms in total. The zero-order valence-corrected chi connectivity index (χ0v) is 11.2. The van der Waals surface area contributed by atoms with Gasteiger partial charge >= 0.3 is 0 Å². The smallest absolute Gasteiger partial charge is 0.0499 e. The van der Waals surface area contributed by atoms with Crippen molar-refractivity contribution in [3.05, 3.63) is 0 Å². The number of rotatable bonds is 4. The van der Waals surface area contributed by atoms with Crippen molar-refractivity contribution in [2.75, 3.05) is 18.9 Å². The van der Waals surface area contributed by atoms with Crippen LogP contribution in [0.3, 0.4) is 0 Å². The first-order chi connectivity index (χ1) is 7.76. The van der Waals surface area contributed by atoms with E-state index >= 15 is 0 Å². The summed E-state index contributed by atoms with van der Waals surface area (Å²) in [7, 11) is 0. The highest BCUT2D eigenvalue weighted by Crippen LogP contribution is 2.37. The molecule has 2 aliphatic rings. The van der Waals surface area contributed by atoms with E-state index in [1.165, 1.54) is 44.3 Å². The number of aliphatic hydroxyl groups is 1. The Hall–Kier alpha value is 0.270. The van der Waals surface area contributed by atoms with Crippen molar-refractivity contribution in [2.24, 2.45) is 5.41 Å². The van der Waals surface area contributed by atoms with E-state index in [2.05, 4.69) is 24.0 Å². The lowest BCUT2D eigenvalue weighted by molar-refractivity contribution is 0.124. The van der Waals surface area contributed by atoms with Gasteiger partial charge in [-0.15, -0.1) is 0 Å². The molecule has 0 radical (unpaired) electrons.